The molecule has 0 atom stereocenters. The topological polar surface area (TPSA) is 98.5 Å². The molecule has 2 aromatic rings. The molecule has 2 rings (SSSR count). The van der Waals surface area contributed by atoms with Gasteiger partial charge < -0.3 is 10.1 Å². The highest BCUT2D eigenvalue weighted by Crippen LogP contribution is 2.25. The minimum atomic E-state index is -0.835. The van der Waals surface area contributed by atoms with E-state index in [1.165, 1.54) is 37.3 Å². The lowest BCUT2D eigenvalue weighted by atomic mass is 10.1. The SMILES string of the molecule is Cc1c(C(=O)OCC(=O)Nc2ccc(Cl)cc2Cl)cccc1[N+](=O)[O-]. The molecule has 25 heavy (non-hydrogen) atoms. The van der Waals surface area contributed by atoms with Crippen LogP contribution in [0.2, 0.25) is 10.0 Å². The van der Waals surface area contributed by atoms with Gasteiger partial charge in [0.25, 0.3) is 11.6 Å². The fourth-order valence-corrected chi connectivity index (χ4v) is 2.48. The number of hydrogen-bond donors (Lipinski definition) is 1. The maximum atomic E-state index is 12.0. The van der Waals surface area contributed by atoms with Gasteiger partial charge in [0.05, 0.1) is 21.2 Å². The largest absolute Gasteiger partial charge is 0.452 e. The van der Waals surface area contributed by atoms with Crippen LogP contribution in [-0.4, -0.2) is 23.4 Å². The van der Waals surface area contributed by atoms with Gasteiger partial charge in [-0.05, 0) is 31.2 Å². The van der Waals surface area contributed by atoms with Crippen molar-refractivity contribution in [3.63, 3.8) is 0 Å². The Balaban J connectivity index is 2.01. The van der Waals surface area contributed by atoms with E-state index >= 15 is 0 Å². The average Bonchev–Trinajstić information content (AvgIpc) is 2.55. The monoisotopic (exact) mass is 382 g/mol. The van der Waals surface area contributed by atoms with Crippen LogP contribution in [0.4, 0.5) is 11.4 Å². The summed E-state index contributed by atoms with van der Waals surface area (Å²) in [5.74, 6) is -1.45. The van der Waals surface area contributed by atoms with E-state index < -0.39 is 23.4 Å². The lowest BCUT2D eigenvalue weighted by Gasteiger charge is -2.09. The van der Waals surface area contributed by atoms with E-state index in [0.717, 1.165) is 0 Å². The molecular weight excluding hydrogens is 371 g/mol. The highest BCUT2D eigenvalue weighted by atomic mass is 35.5. The van der Waals surface area contributed by atoms with Gasteiger partial charge in [0.1, 0.15) is 0 Å². The second-order valence-electron chi connectivity index (χ2n) is 4.96. The van der Waals surface area contributed by atoms with Gasteiger partial charge in [0.15, 0.2) is 6.61 Å². The van der Waals surface area contributed by atoms with Crippen LogP contribution in [0.3, 0.4) is 0 Å². The number of rotatable bonds is 5. The number of halogens is 2. The van der Waals surface area contributed by atoms with Crippen LogP contribution in [0.5, 0.6) is 0 Å². The molecule has 0 aliphatic carbocycles. The first-order valence-electron chi connectivity index (χ1n) is 6.95. The first-order chi connectivity index (χ1) is 11.8. The number of ether oxygens (including phenoxy) is 1. The molecule has 1 amide bonds. The number of hydrogen-bond acceptors (Lipinski definition) is 5. The highest BCUT2D eigenvalue weighted by molar-refractivity contribution is 6.36. The average molecular weight is 383 g/mol. The Morgan fingerprint density at radius 2 is 1.96 bits per heavy atom. The van der Waals surface area contributed by atoms with Crippen LogP contribution in [0.25, 0.3) is 0 Å². The molecule has 130 valence electrons. The number of amides is 1. The number of nitrogens with zero attached hydrogens (tertiary/aromatic N) is 1. The van der Waals surface area contributed by atoms with Gasteiger partial charge in [0, 0.05) is 16.7 Å². The van der Waals surface area contributed by atoms with Crippen molar-refractivity contribution in [3.05, 3.63) is 67.7 Å². The predicted molar refractivity (Wildman–Crippen MR) is 93.2 cm³/mol. The number of benzene rings is 2. The highest BCUT2D eigenvalue weighted by Gasteiger charge is 2.19. The van der Waals surface area contributed by atoms with Crippen LogP contribution in [0, 0.1) is 17.0 Å². The minimum absolute atomic E-state index is 0.0199. The van der Waals surface area contributed by atoms with Gasteiger partial charge in [-0.2, -0.15) is 0 Å². The third-order valence-corrected chi connectivity index (χ3v) is 3.81. The van der Waals surface area contributed by atoms with Crippen LogP contribution in [0.1, 0.15) is 15.9 Å². The summed E-state index contributed by atoms with van der Waals surface area (Å²) in [6.45, 7) is 0.863. The van der Waals surface area contributed by atoms with Crippen molar-refractivity contribution in [3.8, 4) is 0 Å². The Morgan fingerprint density at radius 3 is 2.60 bits per heavy atom. The van der Waals surface area contributed by atoms with Crippen molar-refractivity contribution in [2.45, 2.75) is 6.92 Å². The summed E-state index contributed by atoms with van der Waals surface area (Å²) in [6, 6.07) is 8.54. The Morgan fingerprint density at radius 1 is 1.24 bits per heavy atom. The van der Waals surface area contributed by atoms with Crippen molar-refractivity contribution in [1.82, 2.24) is 0 Å². The summed E-state index contributed by atoms with van der Waals surface area (Å²) in [4.78, 5) is 34.2. The summed E-state index contributed by atoms with van der Waals surface area (Å²) in [5, 5.41) is 14.0. The number of anilines is 1. The maximum Gasteiger partial charge on any atom is 0.339 e. The molecule has 0 spiro atoms. The van der Waals surface area contributed by atoms with E-state index in [4.69, 9.17) is 27.9 Å². The second-order valence-corrected chi connectivity index (χ2v) is 5.80. The van der Waals surface area contributed by atoms with E-state index in [0.29, 0.717) is 10.7 Å². The first-order valence-corrected chi connectivity index (χ1v) is 7.71. The fourth-order valence-electron chi connectivity index (χ4n) is 2.03. The summed E-state index contributed by atoms with van der Waals surface area (Å²) in [5.41, 5.74) is 0.302. The number of nitro groups is 1. The van der Waals surface area contributed by atoms with Gasteiger partial charge in [-0.3, -0.25) is 14.9 Å². The molecule has 0 aliphatic heterocycles. The molecule has 7 nitrogen and oxygen atoms in total. The molecule has 0 saturated heterocycles. The van der Waals surface area contributed by atoms with Crippen LogP contribution in [-0.2, 0) is 9.53 Å². The molecule has 1 N–H and O–H groups in total. The lowest BCUT2D eigenvalue weighted by molar-refractivity contribution is -0.385. The molecular formula is C16H12Cl2N2O5. The maximum absolute atomic E-state index is 12.0. The lowest BCUT2D eigenvalue weighted by Crippen LogP contribution is -2.21. The van der Waals surface area contributed by atoms with Crippen molar-refractivity contribution in [1.29, 1.82) is 0 Å². The van der Waals surface area contributed by atoms with Gasteiger partial charge in [-0.25, -0.2) is 4.79 Å². The zero-order chi connectivity index (χ0) is 18.6. The minimum Gasteiger partial charge on any atom is -0.452 e. The summed E-state index contributed by atoms with van der Waals surface area (Å²) in [7, 11) is 0. The van der Waals surface area contributed by atoms with Crippen LogP contribution >= 0.6 is 23.2 Å². The standard InChI is InChI=1S/C16H12Cl2N2O5/c1-9-11(3-2-4-14(9)20(23)24)16(22)25-8-15(21)19-13-6-5-10(17)7-12(13)18/h2-7H,8H2,1H3,(H,19,21). The molecule has 2 aromatic carbocycles. The quantitative estimate of drug-likeness (QED) is 0.478. The fraction of sp³-hybridized carbons (Fsp3) is 0.125. The third-order valence-electron chi connectivity index (χ3n) is 3.26. The summed E-state index contributed by atoms with van der Waals surface area (Å²) >= 11 is 11.7. The Hall–Kier alpha value is -2.64. The number of carbonyl (C=O) groups is 2. The van der Waals surface area contributed by atoms with E-state index in [-0.39, 0.29) is 21.8 Å². The zero-order valence-corrected chi connectivity index (χ0v) is 14.4. The van der Waals surface area contributed by atoms with Gasteiger partial charge in [0.2, 0.25) is 0 Å². The molecule has 0 unspecified atom stereocenters. The van der Waals surface area contributed by atoms with Gasteiger partial charge in [-0.1, -0.05) is 29.3 Å². The van der Waals surface area contributed by atoms with E-state index in [1.807, 2.05) is 0 Å². The van der Waals surface area contributed by atoms with Gasteiger partial charge in [-0.15, -0.1) is 0 Å². The second kappa shape index (κ2) is 7.96. The van der Waals surface area contributed by atoms with E-state index in [2.05, 4.69) is 5.32 Å². The van der Waals surface area contributed by atoms with Gasteiger partial charge >= 0.3 is 5.97 Å². The molecule has 0 aliphatic rings. The van der Waals surface area contributed by atoms with Crippen molar-refractivity contribution in [2.24, 2.45) is 0 Å². The van der Waals surface area contributed by atoms with Crippen molar-refractivity contribution < 1.29 is 19.2 Å². The Labute approximate surface area is 152 Å². The normalized spacial score (nSPS) is 10.2. The van der Waals surface area contributed by atoms with Crippen LogP contribution in [0.15, 0.2) is 36.4 Å². The predicted octanol–water partition coefficient (Wildman–Crippen LogP) is 4.01. The smallest absolute Gasteiger partial charge is 0.339 e. The van der Waals surface area contributed by atoms with Crippen molar-refractivity contribution >= 4 is 46.5 Å². The zero-order valence-electron chi connectivity index (χ0n) is 12.9. The number of esters is 1. The Bertz CT molecular complexity index is 854. The third kappa shape index (κ3) is 4.68. The van der Waals surface area contributed by atoms with Crippen molar-refractivity contribution in [2.75, 3.05) is 11.9 Å². The van der Waals surface area contributed by atoms with Crippen LogP contribution < -0.4 is 5.32 Å². The molecule has 0 saturated carbocycles. The number of nitrogens with one attached hydrogen (secondary N) is 1. The molecule has 0 fully saturated rings. The molecule has 0 radical (unpaired) electrons. The number of carbonyl (C=O) groups excluding carboxylic acids is 2. The molecule has 0 aromatic heterocycles. The van der Waals surface area contributed by atoms with E-state index in [1.54, 1.807) is 6.07 Å². The number of nitro benzene ring substituents is 1. The first kappa shape index (κ1) is 18.7. The van der Waals surface area contributed by atoms with E-state index in [9.17, 15) is 19.7 Å². The molecule has 0 heterocycles. The summed E-state index contributed by atoms with van der Waals surface area (Å²) in [6.07, 6.45) is 0. The Kier molecular flexibility index (Phi) is 5.95. The summed E-state index contributed by atoms with van der Waals surface area (Å²) < 4.78 is 4.90. The molecule has 0 bridgehead atoms. The molecule has 9 heteroatoms.